The van der Waals surface area contributed by atoms with E-state index in [1.54, 1.807) is 29.2 Å². The van der Waals surface area contributed by atoms with Crippen molar-refractivity contribution in [3.63, 3.8) is 0 Å². The van der Waals surface area contributed by atoms with Crippen molar-refractivity contribution in [1.82, 2.24) is 4.90 Å². The van der Waals surface area contributed by atoms with E-state index < -0.39 is 5.97 Å². The first-order valence-electron chi connectivity index (χ1n) is 7.26. The zero-order chi connectivity index (χ0) is 16.1. The number of carbonyl (C=O) groups excluding carboxylic acids is 3. The Hall–Kier alpha value is -2.37. The summed E-state index contributed by atoms with van der Waals surface area (Å²) in [6, 6.07) is 6.53. The molecule has 0 aromatic heterocycles. The van der Waals surface area contributed by atoms with Crippen molar-refractivity contribution in [1.29, 1.82) is 0 Å². The van der Waals surface area contributed by atoms with Crippen molar-refractivity contribution in [3.8, 4) is 0 Å². The van der Waals surface area contributed by atoms with Crippen molar-refractivity contribution in [2.24, 2.45) is 5.92 Å². The summed E-state index contributed by atoms with van der Waals surface area (Å²) in [4.78, 5) is 36.7. The second kappa shape index (κ2) is 7.06. The molecule has 0 bridgehead atoms. The van der Waals surface area contributed by atoms with Crippen LogP contribution in [0.15, 0.2) is 24.3 Å². The molecule has 1 saturated heterocycles. The van der Waals surface area contributed by atoms with Gasteiger partial charge in [-0.3, -0.25) is 9.59 Å². The minimum atomic E-state index is -0.415. The maximum Gasteiger partial charge on any atom is 0.337 e. The van der Waals surface area contributed by atoms with E-state index in [9.17, 15) is 14.4 Å². The minimum absolute atomic E-state index is 0.0000640. The van der Waals surface area contributed by atoms with E-state index in [2.05, 4.69) is 10.1 Å². The molecule has 0 unspecified atom stereocenters. The number of ether oxygens (including phenoxy) is 1. The second-order valence-corrected chi connectivity index (χ2v) is 5.36. The molecule has 0 saturated carbocycles. The number of benzene rings is 1. The van der Waals surface area contributed by atoms with E-state index in [-0.39, 0.29) is 17.7 Å². The molecule has 1 heterocycles. The van der Waals surface area contributed by atoms with Crippen LogP contribution in [0.4, 0.5) is 5.69 Å². The molecule has 0 aliphatic carbocycles. The molecule has 0 spiro atoms. The molecule has 1 fully saturated rings. The third-order valence-electron chi connectivity index (χ3n) is 3.81. The first-order chi connectivity index (χ1) is 10.5. The van der Waals surface area contributed by atoms with E-state index in [1.807, 2.05) is 0 Å². The van der Waals surface area contributed by atoms with Crippen LogP contribution in [-0.4, -0.2) is 42.9 Å². The molecule has 2 amide bonds. The highest BCUT2D eigenvalue weighted by atomic mass is 16.5. The van der Waals surface area contributed by atoms with Crippen molar-refractivity contribution >= 4 is 23.5 Å². The Morgan fingerprint density at radius 3 is 2.50 bits per heavy atom. The first kappa shape index (κ1) is 16.0. The number of esters is 1. The topological polar surface area (TPSA) is 75.7 Å². The zero-order valence-corrected chi connectivity index (χ0v) is 12.8. The molecular formula is C16H20N2O4. The molecule has 118 valence electrons. The number of likely N-dealkylation sites (tertiary alicyclic amines) is 1. The Kier molecular flexibility index (Phi) is 5.14. The Morgan fingerprint density at radius 2 is 1.91 bits per heavy atom. The number of amides is 2. The predicted octanol–water partition coefficient (Wildman–Crippen LogP) is 1.67. The summed E-state index contributed by atoms with van der Waals surface area (Å²) in [5.41, 5.74) is 1.05. The Morgan fingerprint density at radius 1 is 1.23 bits per heavy atom. The third-order valence-corrected chi connectivity index (χ3v) is 3.81. The van der Waals surface area contributed by atoms with E-state index >= 15 is 0 Å². The molecule has 2 rings (SSSR count). The first-order valence-corrected chi connectivity index (χ1v) is 7.26. The van der Waals surface area contributed by atoms with Crippen LogP contribution in [0.2, 0.25) is 0 Å². The summed E-state index contributed by atoms with van der Waals surface area (Å²) in [6.07, 6.45) is 1.61. The van der Waals surface area contributed by atoms with Gasteiger partial charge in [-0.1, -0.05) is 0 Å². The molecular weight excluding hydrogens is 284 g/mol. The van der Waals surface area contributed by atoms with Gasteiger partial charge in [0.25, 0.3) is 0 Å². The molecule has 6 heteroatoms. The number of nitrogens with one attached hydrogen (secondary N) is 1. The highest BCUT2D eigenvalue weighted by molar-refractivity contribution is 5.94. The highest BCUT2D eigenvalue weighted by Crippen LogP contribution is 2.19. The van der Waals surface area contributed by atoms with Crippen LogP contribution in [-0.2, 0) is 14.3 Å². The van der Waals surface area contributed by atoms with Gasteiger partial charge >= 0.3 is 5.97 Å². The summed E-state index contributed by atoms with van der Waals surface area (Å²) >= 11 is 0. The largest absolute Gasteiger partial charge is 0.465 e. The van der Waals surface area contributed by atoms with Gasteiger partial charge in [-0.2, -0.15) is 0 Å². The molecule has 6 nitrogen and oxygen atoms in total. The summed E-state index contributed by atoms with van der Waals surface area (Å²) in [6.45, 7) is 2.69. The Bertz CT molecular complexity index is 568. The van der Waals surface area contributed by atoms with Crippen LogP contribution < -0.4 is 5.32 Å². The number of hydrogen-bond donors (Lipinski definition) is 1. The smallest absolute Gasteiger partial charge is 0.337 e. The van der Waals surface area contributed by atoms with Gasteiger partial charge in [0.15, 0.2) is 0 Å². The van der Waals surface area contributed by atoms with E-state index in [0.717, 1.165) is 12.8 Å². The van der Waals surface area contributed by atoms with Gasteiger partial charge in [0, 0.05) is 25.7 Å². The van der Waals surface area contributed by atoms with Crippen LogP contribution in [0.5, 0.6) is 0 Å². The Labute approximate surface area is 129 Å². The zero-order valence-electron chi connectivity index (χ0n) is 12.8. The minimum Gasteiger partial charge on any atom is -0.465 e. The van der Waals surface area contributed by atoms with Gasteiger partial charge in [0.05, 0.1) is 18.6 Å². The standard InChI is InChI=1S/C16H20N2O4/c1-11(19)18-9-3-4-13(10-18)15(20)17-14-7-5-12(6-8-14)16(21)22-2/h5-8,13H,3-4,9-10H2,1-2H3,(H,17,20)/t13-/m0/s1. The molecule has 1 aliphatic heterocycles. The normalized spacial score (nSPS) is 17.7. The molecule has 1 atom stereocenters. The molecule has 0 radical (unpaired) electrons. The van der Waals surface area contributed by atoms with E-state index in [1.165, 1.54) is 14.0 Å². The van der Waals surface area contributed by atoms with Crippen LogP contribution >= 0.6 is 0 Å². The average molecular weight is 304 g/mol. The summed E-state index contributed by atoms with van der Waals surface area (Å²) in [7, 11) is 1.32. The van der Waals surface area contributed by atoms with Crippen molar-refractivity contribution in [2.75, 3.05) is 25.5 Å². The molecule has 1 aromatic carbocycles. The number of anilines is 1. The summed E-state index contributed by atoms with van der Waals surface area (Å²) in [5, 5.41) is 2.83. The lowest BCUT2D eigenvalue weighted by Gasteiger charge is -2.31. The van der Waals surface area contributed by atoms with Gasteiger partial charge in [0.2, 0.25) is 11.8 Å². The van der Waals surface area contributed by atoms with Gasteiger partial charge in [0.1, 0.15) is 0 Å². The SMILES string of the molecule is COC(=O)c1ccc(NC(=O)[C@H]2CCCN(C(C)=O)C2)cc1. The lowest BCUT2D eigenvalue weighted by molar-refractivity contribution is -0.132. The average Bonchev–Trinajstić information content (AvgIpc) is 2.54. The van der Waals surface area contributed by atoms with Crippen LogP contribution in [0, 0.1) is 5.92 Å². The number of piperidine rings is 1. The number of hydrogen-bond acceptors (Lipinski definition) is 4. The van der Waals surface area contributed by atoms with Crippen molar-refractivity contribution in [3.05, 3.63) is 29.8 Å². The lowest BCUT2D eigenvalue weighted by Crippen LogP contribution is -2.42. The fraction of sp³-hybridized carbons (Fsp3) is 0.438. The molecule has 1 aromatic rings. The number of rotatable bonds is 3. The summed E-state index contributed by atoms with van der Waals surface area (Å²) < 4.78 is 4.62. The third kappa shape index (κ3) is 3.84. The predicted molar refractivity (Wildman–Crippen MR) is 81.4 cm³/mol. The number of methoxy groups -OCH3 is 1. The lowest BCUT2D eigenvalue weighted by atomic mass is 9.97. The van der Waals surface area contributed by atoms with Crippen molar-refractivity contribution < 1.29 is 19.1 Å². The van der Waals surface area contributed by atoms with E-state index in [4.69, 9.17) is 0 Å². The van der Waals surface area contributed by atoms with Crippen molar-refractivity contribution in [2.45, 2.75) is 19.8 Å². The maximum absolute atomic E-state index is 12.3. The van der Waals surface area contributed by atoms with Gasteiger partial charge in [-0.05, 0) is 37.1 Å². The van der Waals surface area contributed by atoms with Gasteiger partial charge in [-0.25, -0.2) is 4.79 Å². The monoisotopic (exact) mass is 304 g/mol. The van der Waals surface area contributed by atoms with Crippen LogP contribution in [0.3, 0.4) is 0 Å². The summed E-state index contributed by atoms with van der Waals surface area (Å²) in [5.74, 6) is -0.711. The molecule has 22 heavy (non-hydrogen) atoms. The van der Waals surface area contributed by atoms with Crippen LogP contribution in [0.25, 0.3) is 0 Å². The maximum atomic E-state index is 12.3. The highest BCUT2D eigenvalue weighted by Gasteiger charge is 2.27. The fourth-order valence-corrected chi connectivity index (χ4v) is 2.53. The van der Waals surface area contributed by atoms with Gasteiger partial charge < -0.3 is 15.0 Å². The molecule has 1 aliphatic rings. The second-order valence-electron chi connectivity index (χ2n) is 5.36. The fourth-order valence-electron chi connectivity index (χ4n) is 2.53. The Balaban J connectivity index is 1.96. The van der Waals surface area contributed by atoms with Crippen LogP contribution in [0.1, 0.15) is 30.1 Å². The van der Waals surface area contributed by atoms with Gasteiger partial charge in [-0.15, -0.1) is 0 Å². The van der Waals surface area contributed by atoms with E-state index in [0.29, 0.717) is 24.3 Å². The molecule has 1 N–H and O–H groups in total. The quantitative estimate of drug-likeness (QED) is 0.862. The number of nitrogens with zero attached hydrogens (tertiary/aromatic N) is 1. The number of carbonyl (C=O) groups is 3.